The van der Waals surface area contributed by atoms with E-state index in [4.69, 9.17) is 10.5 Å². The standard InChI is InChI=1S/C28H30FN7O2/c1-4-5-17-22(16-10-34-36(3)13-16)23(17)27(37)35-21-9-15-8-18(24(29)25(30)20(15)12-32-21)19-11-33-28-26(14(19)2)31-6-7-38-28/h8-13,17,22-23,31H,4-7,30H2,1-3H3,(H,32,35,37)/t17-,22-,23-/m0/s1. The molecular weight excluding hydrogens is 485 g/mol. The monoisotopic (exact) mass is 515 g/mol. The summed E-state index contributed by atoms with van der Waals surface area (Å²) in [6.07, 6.45) is 8.91. The third kappa shape index (κ3) is 4.00. The number of benzene rings is 1. The van der Waals surface area contributed by atoms with Crippen LogP contribution in [0, 0.1) is 24.6 Å². The molecule has 1 amide bonds. The molecule has 1 aliphatic carbocycles. The first-order valence-electron chi connectivity index (χ1n) is 12.9. The number of nitrogens with two attached hydrogens (primary N) is 1. The molecule has 1 saturated carbocycles. The van der Waals surface area contributed by atoms with Gasteiger partial charge < -0.3 is 21.1 Å². The Morgan fingerprint density at radius 2 is 2.11 bits per heavy atom. The van der Waals surface area contributed by atoms with Gasteiger partial charge in [-0.1, -0.05) is 13.3 Å². The van der Waals surface area contributed by atoms with E-state index >= 15 is 4.39 Å². The van der Waals surface area contributed by atoms with E-state index < -0.39 is 5.82 Å². The lowest BCUT2D eigenvalue weighted by atomic mass is 9.97. The van der Waals surface area contributed by atoms with Crippen molar-refractivity contribution in [3.63, 3.8) is 0 Å². The number of rotatable bonds is 6. The topological polar surface area (TPSA) is 120 Å². The molecule has 4 N–H and O–H groups in total. The van der Waals surface area contributed by atoms with E-state index in [-0.39, 0.29) is 29.3 Å². The van der Waals surface area contributed by atoms with Gasteiger partial charge in [0, 0.05) is 60.5 Å². The first kappa shape index (κ1) is 24.1. The molecule has 3 atom stereocenters. The third-order valence-corrected chi connectivity index (χ3v) is 7.69. The number of fused-ring (bicyclic) bond motifs is 2. The average Bonchev–Trinajstić information content (AvgIpc) is 3.46. The maximum atomic E-state index is 15.5. The van der Waals surface area contributed by atoms with Crippen molar-refractivity contribution in [2.75, 3.05) is 29.5 Å². The molecule has 3 aromatic heterocycles. The molecule has 1 aromatic carbocycles. The van der Waals surface area contributed by atoms with Crippen molar-refractivity contribution in [1.82, 2.24) is 19.7 Å². The number of carbonyl (C=O) groups is 1. The minimum absolute atomic E-state index is 0.00560. The fraction of sp³-hybridized carbons (Fsp3) is 0.357. The summed E-state index contributed by atoms with van der Waals surface area (Å²) >= 11 is 0. The number of nitrogens with one attached hydrogen (secondary N) is 2. The molecular formula is C28H30FN7O2. The van der Waals surface area contributed by atoms with E-state index in [0.717, 1.165) is 29.7 Å². The summed E-state index contributed by atoms with van der Waals surface area (Å²) in [5.74, 6) is 0.603. The molecule has 196 valence electrons. The number of halogens is 1. The number of ether oxygens (including phenoxy) is 1. The van der Waals surface area contributed by atoms with Gasteiger partial charge in [0.25, 0.3) is 0 Å². The molecule has 4 aromatic rings. The zero-order chi connectivity index (χ0) is 26.6. The number of nitrogens with zero attached hydrogens (tertiary/aromatic N) is 4. The number of amides is 1. The van der Waals surface area contributed by atoms with Crippen LogP contribution in [0.25, 0.3) is 21.9 Å². The summed E-state index contributed by atoms with van der Waals surface area (Å²) in [4.78, 5) is 22.0. The summed E-state index contributed by atoms with van der Waals surface area (Å²) in [6, 6.07) is 3.47. The lowest BCUT2D eigenvalue weighted by Crippen LogP contribution is -2.20. The summed E-state index contributed by atoms with van der Waals surface area (Å²) < 4.78 is 22.8. The van der Waals surface area contributed by atoms with Crippen LogP contribution in [0.5, 0.6) is 5.88 Å². The number of anilines is 3. The van der Waals surface area contributed by atoms with Crippen LogP contribution in [-0.2, 0) is 11.8 Å². The Bertz CT molecular complexity index is 1570. The second-order valence-corrected chi connectivity index (χ2v) is 10.1. The summed E-state index contributed by atoms with van der Waals surface area (Å²) in [7, 11) is 1.88. The molecule has 4 heterocycles. The van der Waals surface area contributed by atoms with Gasteiger partial charge >= 0.3 is 0 Å². The molecule has 0 radical (unpaired) electrons. The van der Waals surface area contributed by atoms with Crippen LogP contribution < -0.4 is 21.1 Å². The van der Waals surface area contributed by atoms with E-state index in [0.29, 0.717) is 46.7 Å². The zero-order valence-electron chi connectivity index (χ0n) is 21.6. The van der Waals surface area contributed by atoms with Gasteiger partial charge in [-0.2, -0.15) is 5.10 Å². The predicted octanol–water partition coefficient (Wildman–Crippen LogP) is 4.63. The first-order chi connectivity index (χ1) is 18.4. The molecule has 9 nitrogen and oxygen atoms in total. The number of pyridine rings is 2. The second kappa shape index (κ2) is 9.27. The van der Waals surface area contributed by atoms with E-state index in [1.54, 1.807) is 23.0 Å². The van der Waals surface area contributed by atoms with Crippen LogP contribution in [-0.4, -0.2) is 38.8 Å². The van der Waals surface area contributed by atoms with Crippen LogP contribution in [0.1, 0.15) is 36.8 Å². The fourth-order valence-electron chi connectivity index (χ4n) is 5.75. The SMILES string of the molecule is CCC[C@@H]1[C@H](C(=O)Nc2cc3cc(-c4cnc5c(c4C)NCCO5)c(F)c(N)c3cn2)[C@H]1c1cnn(C)c1. The van der Waals surface area contributed by atoms with Gasteiger partial charge in [0.05, 0.1) is 11.9 Å². The van der Waals surface area contributed by atoms with E-state index in [9.17, 15) is 4.79 Å². The van der Waals surface area contributed by atoms with Crippen LogP contribution in [0.15, 0.2) is 36.9 Å². The molecule has 38 heavy (non-hydrogen) atoms. The van der Waals surface area contributed by atoms with Crippen molar-refractivity contribution in [3.05, 3.63) is 53.9 Å². The highest BCUT2D eigenvalue weighted by molar-refractivity contribution is 6.01. The van der Waals surface area contributed by atoms with Gasteiger partial charge in [0.2, 0.25) is 11.8 Å². The normalized spacial score (nSPS) is 19.9. The number of hydrogen-bond acceptors (Lipinski definition) is 7. The van der Waals surface area contributed by atoms with Gasteiger partial charge in [-0.05, 0) is 47.9 Å². The van der Waals surface area contributed by atoms with Crippen molar-refractivity contribution in [2.24, 2.45) is 18.9 Å². The number of aryl methyl sites for hydroxylation is 1. The lowest BCUT2D eigenvalue weighted by molar-refractivity contribution is -0.117. The van der Waals surface area contributed by atoms with Gasteiger partial charge in [0.15, 0.2) is 5.82 Å². The van der Waals surface area contributed by atoms with Crippen LogP contribution >= 0.6 is 0 Å². The van der Waals surface area contributed by atoms with Crippen molar-refractivity contribution in [2.45, 2.75) is 32.6 Å². The highest BCUT2D eigenvalue weighted by Gasteiger charge is 2.55. The van der Waals surface area contributed by atoms with E-state index in [2.05, 4.69) is 32.6 Å². The number of carbonyl (C=O) groups excluding carboxylic acids is 1. The van der Waals surface area contributed by atoms with Crippen molar-refractivity contribution >= 4 is 33.9 Å². The number of nitrogen functional groups attached to an aromatic ring is 1. The highest BCUT2D eigenvalue weighted by atomic mass is 19.1. The van der Waals surface area contributed by atoms with Crippen molar-refractivity contribution in [3.8, 4) is 17.0 Å². The van der Waals surface area contributed by atoms with Crippen molar-refractivity contribution in [1.29, 1.82) is 0 Å². The summed E-state index contributed by atoms with van der Waals surface area (Å²) in [6.45, 7) is 5.21. The highest BCUT2D eigenvalue weighted by Crippen LogP contribution is 2.56. The Morgan fingerprint density at radius 1 is 1.26 bits per heavy atom. The molecule has 6 rings (SSSR count). The molecule has 0 spiro atoms. The third-order valence-electron chi connectivity index (χ3n) is 7.69. The molecule has 0 unspecified atom stereocenters. The van der Waals surface area contributed by atoms with Crippen molar-refractivity contribution < 1.29 is 13.9 Å². The minimum Gasteiger partial charge on any atom is -0.474 e. The minimum atomic E-state index is -0.530. The molecule has 0 bridgehead atoms. The van der Waals surface area contributed by atoms with E-state index in [1.807, 2.05) is 26.4 Å². The van der Waals surface area contributed by atoms with Gasteiger partial charge in [-0.15, -0.1) is 0 Å². The number of aromatic nitrogens is 4. The van der Waals surface area contributed by atoms with E-state index in [1.165, 1.54) is 6.20 Å². The quantitative estimate of drug-likeness (QED) is 0.320. The van der Waals surface area contributed by atoms with Gasteiger partial charge in [-0.25, -0.2) is 14.4 Å². The Morgan fingerprint density at radius 3 is 2.87 bits per heavy atom. The van der Waals surface area contributed by atoms with Crippen LogP contribution in [0.4, 0.5) is 21.6 Å². The lowest BCUT2D eigenvalue weighted by Gasteiger charge is -2.22. The predicted molar refractivity (Wildman–Crippen MR) is 145 cm³/mol. The largest absolute Gasteiger partial charge is 0.474 e. The molecule has 1 fully saturated rings. The Kier molecular flexibility index (Phi) is 5.89. The van der Waals surface area contributed by atoms with Gasteiger partial charge in [-0.3, -0.25) is 9.48 Å². The Balaban J connectivity index is 1.31. The van der Waals surface area contributed by atoms with Crippen LogP contribution in [0.2, 0.25) is 0 Å². The Labute approximate surface area is 219 Å². The zero-order valence-corrected chi connectivity index (χ0v) is 21.6. The smallest absolute Gasteiger partial charge is 0.237 e. The molecule has 1 aliphatic heterocycles. The van der Waals surface area contributed by atoms with Gasteiger partial charge in [0.1, 0.15) is 18.1 Å². The fourth-order valence-corrected chi connectivity index (χ4v) is 5.75. The molecule has 0 saturated heterocycles. The second-order valence-electron chi connectivity index (χ2n) is 10.1. The maximum Gasteiger partial charge on any atom is 0.237 e. The summed E-state index contributed by atoms with van der Waals surface area (Å²) in [5, 5.41) is 11.7. The molecule has 10 heteroatoms. The first-order valence-corrected chi connectivity index (χ1v) is 12.9. The number of hydrogen-bond donors (Lipinski definition) is 3. The summed E-state index contributed by atoms with van der Waals surface area (Å²) in [5.41, 5.74) is 9.84. The van der Waals surface area contributed by atoms with Crippen LogP contribution in [0.3, 0.4) is 0 Å². The Hall–Kier alpha value is -4.21. The molecule has 2 aliphatic rings. The average molecular weight is 516 g/mol. The maximum absolute atomic E-state index is 15.5.